The molecule has 0 bridgehead atoms. The highest BCUT2D eigenvalue weighted by atomic mass is 35.5. The van der Waals surface area contributed by atoms with Crippen LogP contribution < -0.4 is 26.6 Å². The molecule has 1 heterocycles. The van der Waals surface area contributed by atoms with Gasteiger partial charge in [0.05, 0.1) is 17.7 Å². The molecule has 0 aliphatic heterocycles. The topological polar surface area (TPSA) is 115 Å². The maximum atomic E-state index is 15.3. The van der Waals surface area contributed by atoms with Gasteiger partial charge < -0.3 is 25.0 Å². The molecule has 0 radical (unpaired) electrons. The summed E-state index contributed by atoms with van der Waals surface area (Å²) in [5, 5.41) is 16.3. The van der Waals surface area contributed by atoms with Crippen molar-refractivity contribution in [2.24, 2.45) is 14.1 Å². The maximum absolute atomic E-state index is 15.3. The molecule has 4 aromatic rings. The fraction of sp³-hybridized carbons (Fsp3) is 0.281. The average Bonchev–Trinajstić information content (AvgIpc) is 3.72. The number of methoxy groups -OCH3 is 1. The van der Waals surface area contributed by atoms with Crippen molar-refractivity contribution in [2.45, 2.75) is 31.9 Å². The zero-order valence-corrected chi connectivity index (χ0v) is 25.0. The number of benzene rings is 3. The Kier molecular flexibility index (Phi) is 8.29. The summed E-state index contributed by atoms with van der Waals surface area (Å²) in [6.07, 6.45) is 2.68. The van der Waals surface area contributed by atoms with Gasteiger partial charge in [-0.25, -0.2) is 9.18 Å². The van der Waals surface area contributed by atoms with Gasteiger partial charge in [-0.05, 0) is 54.7 Å². The van der Waals surface area contributed by atoms with Crippen LogP contribution >= 0.6 is 11.6 Å². The minimum atomic E-state index is -0.700. The molecule has 9 nitrogen and oxygen atoms in total. The highest BCUT2D eigenvalue weighted by Crippen LogP contribution is 2.41. The lowest BCUT2D eigenvalue weighted by Gasteiger charge is -2.17. The van der Waals surface area contributed by atoms with Crippen molar-refractivity contribution in [1.29, 1.82) is 0 Å². The van der Waals surface area contributed by atoms with E-state index < -0.39 is 28.6 Å². The number of carbonyl (C=O) groups is 1. The molecule has 224 valence electrons. The molecule has 5 rings (SSSR count). The number of halogens is 2. The lowest BCUT2D eigenvalue weighted by atomic mass is 9.94. The van der Waals surface area contributed by atoms with Crippen molar-refractivity contribution < 1.29 is 19.0 Å². The second kappa shape index (κ2) is 11.8. The van der Waals surface area contributed by atoms with Crippen LogP contribution in [0.15, 0.2) is 64.3 Å². The van der Waals surface area contributed by atoms with Crippen LogP contribution in [0.4, 0.5) is 10.1 Å². The molecule has 1 saturated carbocycles. The molecule has 11 heteroatoms. The molecule has 0 unspecified atom stereocenters. The summed E-state index contributed by atoms with van der Waals surface area (Å²) < 4.78 is 22.9. The van der Waals surface area contributed by atoms with E-state index in [4.69, 9.17) is 16.3 Å². The SMILES string of the molecule is COc1cc(-c2cccc(-c3cccc(NC(=O)c4cn(C)c(=O)n(C)c4=O)c3C)c2Cl)cc(F)c1CNCC1(O)CC1. The fourth-order valence-corrected chi connectivity index (χ4v) is 5.38. The summed E-state index contributed by atoms with van der Waals surface area (Å²) in [7, 11) is 4.25. The first-order valence-electron chi connectivity index (χ1n) is 13.7. The molecule has 3 aromatic carbocycles. The van der Waals surface area contributed by atoms with E-state index in [0.717, 1.165) is 23.0 Å². The Hall–Kier alpha value is -4.25. The van der Waals surface area contributed by atoms with Crippen LogP contribution in [0.3, 0.4) is 0 Å². The Morgan fingerprint density at radius 1 is 1.09 bits per heavy atom. The summed E-state index contributed by atoms with van der Waals surface area (Å²) in [6.45, 7) is 2.40. The Balaban J connectivity index is 1.46. The Morgan fingerprint density at radius 3 is 2.47 bits per heavy atom. The predicted octanol–water partition coefficient (Wildman–Crippen LogP) is 4.39. The van der Waals surface area contributed by atoms with Gasteiger partial charge in [-0.15, -0.1) is 0 Å². The molecule has 1 aromatic heterocycles. The second-order valence-corrected chi connectivity index (χ2v) is 11.2. The smallest absolute Gasteiger partial charge is 0.330 e. The molecular weight excluding hydrogens is 575 g/mol. The molecule has 0 saturated heterocycles. The van der Waals surface area contributed by atoms with Crippen LogP contribution in [0.5, 0.6) is 5.75 Å². The van der Waals surface area contributed by atoms with Gasteiger partial charge in [0, 0.05) is 55.8 Å². The third-order valence-corrected chi connectivity index (χ3v) is 8.24. The number of nitrogens with one attached hydrogen (secondary N) is 2. The van der Waals surface area contributed by atoms with E-state index in [-0.39, 0.29) is 12.1 Å². The zero-order chi connectivity index (χ0) is 31.1. The van der Waals surface area contributed by atoms with E-state index in [9.17, 15) is 19.5 Å². The van der Waals surface area contributed by atoms with Crippen LogP contribution in [0.2, 0.25) is 5.02 Å². The molecule has 0 atom stereocenters. The van der Waals surface area contributed by atoms with E-state index >= 15 is 4.39 Å². The first-order valence-corrected chi connectivity index (χ1v) is 14.1. The molecule has 1 aliphatic carbocycles. The van der Waals surface area contributed by atoms with E-state index in [1.165, 1.54) is 38.0 Å². The highest BCUT2D eigenvalue weighted by Gasteiger charge is 2.39. The van der Waals surface area contributed by atoms with Crippen LogP contribution in [-0.2, 0) is 20.6 Å². The molecule has 43 heavy (non-hydrogen) atoms. The number of hydrogen-bond acceptors (Lipinski definition) is 6. The van der Waals surface area contributed by atoms with E-state index in [0.29, 0.717) is 50.8 Å². The van der Waals surface area contributed by atoms with Crippen molar-refractivity contribution >= 4 is 23.2 Å². The second-order valence-electron chi connectivity index (χ2n) is 10.9. The van der Waals surface area contributed by atoms with E-state index in [2.05, 4.69) is 10.6 Å². The number of amides is 1. The maximum Gasteiger partial charge on any atom is 0.330 e. The van der Waals surface area contributed by atoms with Gasteiger partial charge in [-0.1, -0.05) is 41.9 Å². The van der Waals surface area contributed by atoms with Crippen molar-refractivity contribution in [1.82, 2.24) is 14.5 Å². The number of aryl methyl sites for hydroxylation is 1. The number of carbonyl (C=O) groups excluding carboxylic acids is 1. The zero-order valence-electron chi connectivity index (χ0n) is 24.3. The molecule has 0 spiro atoms. The van der Waals surface area contributed by atoms with Crippen LogP contribution in [-0.4, -0.2) is 39.4 Å². The molecule has 3 N–H and O–H groups in total. The lowest BCUT2D eigenvalue weighted by molar-refractivity contribution is 0.102. The lowest BCUT2D eigenvalue weighted by Crippen LogP contribution is -2.40. The van der Waals surface area contributed by atoms with Crippen LogP contribution in [0.1, 0.15) is 34.3 Å². The third kappa shape index (κ3) is 5.99. The van der Waals surface area contributed by atoms with Gasteiger partial charge in [-0.2, -0.15) is 0 Å². The Morgan fingerprint density at radius 2 is 1.77 bits per heavy atom. The minimum absolute atomic E-state index is 0.174. The van der Waals surface area contributed by atoms with Gasteiger partial charge >= 0.3 is 5.69 Å². The first kappa shape index (κ1) is 30.2. The minimum Gasteiger partial charge on any atom is -0.496 e. The largest absolute Gasteiger partial charge is 0.496 e. The number of nitrogens with zero attached hydrogens (tertiary/aromatic N) is 2. The molecule has 1 amide bonds. The van der Waals surface area contributed by atoms with Gasteiger partial charge in [0.15, 0.2) is 0 Å². The normalized spacial score (nSPS) is 13.6. The molecule has 1 fully saturated rings. The summed E-state index contributed by atoms with van der Waals surface area (Å²) >= 11 is 6.94. The molecule has 1 aliphatic rings. The van der Waals surface area contributed by atoms with Crippen molar-refractivity contribution in [3.63, 3.8) is 0 Å². The highest BCUT2D eigenvalue weighted by molar-refractivity contribution is 6.36. The number of rotatable bonds is 9. The summed E-state index contributed by atoms with van der Waals surface area (Å²) in [4.78, 5) is 37.7. The van der Waals surface area contributed by atoms with Gasteiger partial charge in [0.2, 0.25) is 0 Å². The Labute approximate surface area is 252 Å². The summed E-state index contributed by atoms with van der Waals surface area (Å²) in [5.41, 5.74) is 1.90. The van der Waals surface area contributed by atoms with Crippen LogP contribution in [0.25, 0.3) is 22.3 Å². The van der Waals surface area contributed by atoms with Gasteiger partial charge in [0.25, 0.3) is 11.5 Å². The summed E-state index contributed by atoms with van der Waals surface area (Å²) in [6, 6.07) is 13.9. The standard InChI is InChI=1S/C32H32ClFN4O5/c1-18-20(7-6-10-26(18)36-29(39)24-16-37(2)31(41)38(3)30(24)40)22-9-5-8-21(28(22)33)19-13-25(34)23(27(14-19)43-4)15-35-17-32(42)11-12-32/h5-10,13-14,16,35,42H,11-12,15,17H2,1-4H3,(H,36,39). The number of anilines is 1. The molecular formula is C32H32ClFN4O5. The number of ether oxygens (including phenoxy) is 1. The quantitative estimate of drug-likeness (QED) is 0.260. The van der Waals surface area contributed by atoms with Gasteiger partial charge in [0.1, 0.15) is 17.1 Å². The van der Waals surface area contributed by atoms with Crippen molar-refractivity contribution in [3.8, 4) is 28.0 Å². The monoisotopic (exact) mass is 606 g/mol. The Bertz CT molecular complexity index is 1860. The van der Waals surface area contributed by atoms with E-state index in [1.54, 1.807) is 24.3 Å². The first-order chi connectivity index (χ1) is 20.4. The van der Waals surface area contributed by atoms with Crippen LogP contribution in [0, 0.1) is 12.7 Å². The number of aromatic nitrogens is 2. The fourth-order valence-electron chi connectivity index (χ4n) is 5.04. The van der Waals surface area contributed by atoms with Crippen molar-refractivity contribution in [3.05, 3.63) is 103 Å². The van der Waals surface area contributed by atoms with Crippen molar-refractivity contribution in [2.75, 3.05) is 19.0 Å². The predicted molar refractivity (Wildman–Crippen MR) is 164 cm³/mol. The third-order valence-electron chi connectivity index (χ3n) is 7.83. The van der Waals surface area contributed by atoms with E-state index in [1.807, 2.05) is 25.1 Å². The average molecular weight is 607 g/mol. The number of aliphatic hydroxyl groups is 1. The number of hydrogen-bond donors (Lipinski definition) is 3. The summed E-state index contributed by atoms with van der Waals surface area (Å²) in [5.74, 6) is -0.756. The van der Waals surface area contributed by atoms with Gasteiger partial charge in [-0.3, -0.25) is 14.2 Å².